The molecule has 1 spiro atoms. The maximum atomic E-state index is 10.0. The molecule has 6 heteroatoms. The summed E-state index contributed by atoms with van der Waals surface area (Å²) >= 11 is 0. The predicted molar refractivity (Wildman–Crippen MR) is 87.0 cm³/mol. The van der Waals surface area contributed by atoms with Gasteiger partial charge < -0.3 is 15.2 Å². The Kier molecular flexibility index (Phi) is 3.96. The SMILES string of the molecule is C[NH+]1CCC2(CC1)[C@@H]1C[NH+](C)CC=C1[C@@H](C#N)C(=N)C2(C#N)C#N. The van der Waals surface area contributed by atoms with Crippen LogP contribution in [-0.2, 0) is 0 Å². The van der Waals surface area contributed by atoms with E-state index < -0.39 is 16.7 Å². The molecule has 6 nitrogen and oxygen atoms in total. The summed E-state index contributed by atoms with van der Waals surface area (Å²) in [6.07, 6.45) is 3.61. The van der Waals surface area contributed by atoms with Crippen LogP contribution in [0.15, 0.2) is 11.6 Å². The summed E-state index contributed by atoms with van der Waals surface area (Å²) in [4.78, 5) is 2.74. The average Bonchev–Trinajstić information content (AvgIpc) is 2.59. The Morgan fingerprint density at radius 3 is 2.29 bits per heavy atom. The van der Waals surface area contributed by atoms with Gasteiger partial charge in [-0.25, -0.2) is 0 Å². The van der Waals surface area contributed by atoms with Crippen LogP contribution < -0.4 is 9.80 Å². The Bertz CT molecular complexity index is 693. The number of nitrogens with zero attached hydrogens (tertiary/aromatic N) is 3. The second kappa shape index (κ2) is 5.71. The Hall–Kier alpha value is -2.20. The highest BCUT2D eigenvalue weighted by Crippen LogP contribution is 2.59. The van der Waals surface area contributed by atoms with Crippen LogP contribution in [0.4, 0.5) is 0 Å². The van der Waals surface area contributed by atoms with Crippen LogP contribution >= 0.6 is 0 Å². The van der Waals surface area contributed by atoms with E-state index in [0.29, 0.717) is 0 Å². The number of likely N-dealkylation sites (tertiary alicyclic amines) is 1. The highest BCUT2D eigenvalue weighted by atomic mass is 15.1. The van der Waals surface area contributed by atoms with Gasteiger partial charge in [-0.1, -0.05) is 0 Å². The zero-order valence-electron chi connectivity index (χ0n) is 14.3. The van der Waals surface area contributed by atoms with Crippen LogP contribution in [0.25, 0.3) is 0 Å². The molecule has 3 atom stereocenters. The fraction of sp³-hybridized carbons (Fsp3) is 0.667. The lowest BCUT2D eigenvalue weighted by molar-refractivity contribution is -0.892. The van der Waals surface area contributed by atoms with Crippen molar-refractivity contribution >= 4 is 5.71 Å². The molecule has 1 saturated carbocycles. The van der Waals surface area contributed by atoms with Crippen LogP contribution in [0.5, 0.6) is 0 Å². The van der Waals surface area contributed by atoms with Crippen molar-refractivity contribution < 1.29 is 9.80 Å². The van der Waals surface area contributed by atoms with Gasteiger partial charge in [-0.15, -0.1) is 0 Å². The summed E-state index contributed by atoms with van der Waals surface area (Å²) in [6.45, 7) is 3.48. The predicted octanol–water partition coefficient (Wildman–Crippen LogP) is -1.44. The van der Waals surface area contributed by atoms with Crippen molar-refractivity contribution in [2.75, 3.05) is 40.3 Å². The topological polar surface area (TPSA) is 104 Å². The molecule has 3 N–H and O–H groups in total. The van der Waals surface area contributed by atoms with Gasteiger partial charge >= 0.3 is 0 Å². The molecule has 1 unspecified atom stereocenters. The molecule has 1 aliphatic carbocycles. The van der Waals surface area contributed by atoms with Crippen molar-refractivity contribution in [1.82, 2.24) is 0 Å². The standard InChI is InChI=1S/C18H22N6/c1-23-7-4-17(5-8-23)15-10-24(2)6-3-13(15)14(9-19)16(22)18(17,11-20)12-21/h3,14-15,22H,4-8,10H2,1-2H3/p+2/t14-,15-/m1/s1. The molecule has 3 aliphatic rings. The number of quaternary nitrogens is 2. The molecule has 0 aromatic carbocycles. The van der Waals surface area contributed by atoms with Crippen LogP contribution in [-0.4, -0.2) is 46.0 Å². The Morgan fingerprint density at radius 2 is 1.75 bits per heavy atom. The van der Waals surface area contributed by atoms with E-state index in [1.807, 2.05) is 0 Å². The van der Waals surface area contributed by atoms with E-state index in [1.165, 1.54) is 9.80 Å². The average molecular weight is 324 g/mol. The highest BCUT2D eigenvalue weighted by Gasteiger charge is 2.67. The van der Waals surface area contributed by atoms with Crippen molar-refractivity contribution in [3.8, 4) is 18.2 Å². The fourth-order valence-electron chi connectivity index (χ4n) is 5.08. The third-order valence-corrected chi connectivity index (χ3v) is 6.54. The van der Waals surface area contributed by atoms with Crippen molar-refractivity contribution in [2.45, 2.75) is 12.8 Å². The van der Waals surface area contributed by atoms with Gasteiger partial charge in [-0.3, -0.25) is 0 Å². The first-order chi connectivity index (χ1) is 11.5. The van der Waals surface area contributed by atoms with E-state index in [1.54, 1.807) is 0 Å². The van der Waals surface area contributed by atoms with Crippen molar-refractivity contribution in [2.24, 2.45) is 22.7 Å². The minimum absolute atomic E-state index is 0.0107. The normalized spacial score (nSPS) is 40.6. The molecule has 0 amide bonds. The number of piperidine rings is 1. The number of hydrogen-bond acceptors (Lipinski definition) is 4. The molecule has 2 fully saturated rings. The van der Waals surface area contributed by atoms with Gasteiger partial charge in [0.1, 0.15) is 5.92 Å². The molecular weight excluding hydrogens is 300 g/mol. The first-order valence-corrected chi connectivity index (χ1v) is 8.59. The molecule has 0 bridgehead atoms. The zero-order chi connectivity index (χ0) is 17.5. The van der Waals surface area contributed by atoms with Crippen molar-refractivity contribution in [1.29, 1.82) is 21.2 Å². The third-order valence-electron chi connectivity index (χ3n) is 6.54. The Labute approximate surface area is 143 Å². The minimum atomic E-state index is -1.48. The van der Waals surface area contributed by atoms with Gasteiger partial charge in [0.25, 0.3) is 0 Å². The first-order valence-electron chi connectivity index (χ1n) is 8.59. The number of rotatable bonds is 0. The monoisotopic (exact) mass is 324 g/mol. The quantitative estimate of drug-likeness (QED) is 0.475. The zero-order valence-corrected chi connectivity index (χ0v) is 14.3. The fourth-order valence-corrected chi connectivity index (χ4v) is 5.08. The smallest absolute Gasteiger partial charge is 0.189 e. The number of nitrogens with one attached hydrogen (secondary N) is 3. The van der Waals surface area contributed by atoms with E-state index in [-0.39, 0.29) is 11.6 Å². The summed E-state index contributed by atoms with van der Waals surface area (Å²) in [5, 5.41) is 38.3. The van der Waals surface area contributed by atoms with Gasteiger partial charge in [-0.2, -0.15) is 15.8 Å². The number of likely N-dealkylation sites (N-methyl/N-ethyl adjacent to an activating group) is 1. The molecule has 0 aromatic heterocycles. The van der Waals surface area contributed by atoms with Crippen LogP contribution in [0.2, 0.25) is 0 Å². The molecular formula is C18H24N6+2. The van der Waals surface area contributed by atoms with Gasteiger partial charge in [-0.05, 0) is 11.6 Å². The molecule has 2 aliphatic heterocycles. The molecule has 24 heavy (non-hydrogen) atoms. The lowest BCUT2D eigenvalue weighted by atomic mass is 9.45. The molecule has 3 rings (SSSR count). The number of nitriles is 3. The van der Waals surface area contributed by atoms with E-state index >= 15 is 0 Å². The maximum absolute atomic E-state index is 10.0. The summed E-state index contributed by atoms with van der Waals surface area (Å²) in [5.41, 5.74) is -1.01. The first kappa shape index (κ1) is 16.7. The summed E-state index contributed by atoms with van der Waals surface area (Å²) in [5.74, 6) is -0.683. The number of fused-ring (bicyclic) bond motifs is 2. The minimum Gasteiger partial charge on any atom is -0.337 e. The van der Waals surface area contributed by atoms with Gasteiger partial charge in [0.05, 0.1) is 64.2 Å². The summed E-state index contributed by atoms with van der Waals surface area (Å²) < 4.78 is 0. The third kappa shape index (κ3) is 1.96. The van der Waals surface area contributed by atoms with Crippen molar-refractivity contribution in [3.05, 3.63) is 11.6 Å². The second-order valence-electron chi connectivity index (χ2n) is 7.68. The van der Waals surface area contributed by atoms with Gasteiger partial charge in [0, 0.05) is 24.2 Å². The summed E-state index contributed by atoms with van der Waals surface area (Å²) in [6, 6.07) is 6.66. The maximum Gasteiger partial charge on any atom is 0.189 e. The van der Waals surface area contributed by atoms with Crippen molar-refractivity contribution in [3.63, 3.8) is 0 Å². The van der Waals surface area contributed by atoms with Crippen LogP contribution in [0, 0.1) is 62.1 Å². The molecule has 0 radical (unpaired) electrons. The highest BCUT2D eigenvalue weighted by molar-refractivity contribution is 6.00. The van der Waals surface area contributed by atoms with E-state index in [0.717, 1.165) is 44.6 Å². The Balaban J connectivity index is 2.23. The van der Waals surface area contributed by atoms with Crippen LogP contribution in [0.3, 0.4) is 0 Å². The van der Waals surface area contributed by atoms with Gasteiger partial charge in [0.15, 0.2) is 5.41 Å². The van der Waals surface area contributed by atoms with E-state index in [2.05, 4.69) is 38.4 Å². The van der Waals surface area contributed by atoms with E-state index in [9.17, 15) is 15.8 Å². The number of hydrogen-bond donors (Lipinski definition) is 3. The van der Waals surface area contributed by atoms with E-state index in [4.69, 9.17) is 5.41 Å². The second-order valence-corrected chi connectivity index (χ2v) is 7.68. The molecule has 2 heterocycles. The molecule has 124 valence electrons. The molecule has 1 saturated heterocycles. The largest absolute Gasteiger partial charge is 0.337 e. The van der Waals surface area contributed by atoms with Gasteiger partial charge in [0.2, 0.25) is 0 Å². The van der Waals surface area contributed by atoms with Crippen LogP contribution in [0.1, 0.15) is 12.8 Å². The summed E-state index contributed by atoms with van der Waals surface area (Å²) in [7, 11) is 4.25. The molecule has 0 aromatic rings. The lowest BCUT2D eigenvalue weighted by Gasteiger charge is -2.56. The Morgan fingerprint density at radius 1 is 1.12 bits per heavy atom. The lowest BCUT2D eigenvalue weighted by Crippen LogP contribution is -3.12.